The van der Waals surface area contributed by atoms with Crippen LogP contribution in [-0.2, 0) is 20.1 Å². The van der Waals surface area contributed by atoms with Gasteiger partial charge in [-0.2, -0.15) is 0 Å². The van der Waals surface area contributed by atoms with Crippen LogP contribution in [0.4, 0.5) is 0 Å². The van der Waals surface area contributed by atoms with E-state index in [0.717, 1.165) is 11.0 Å². The van der Waals surface area contributed by atoms with Crippen molar-refractivity contribution in [2.45, 2.75) is 20.0 Å². The number of imidazole rings is 1. The number of hydrogen-bond donors (Lipinski definition) is 0. The maximum absolute atomic E-state index is 12.5. The van der Waals surface area contributed by atoms with Gasteiger partial charge in [-0.3, -0.25) is 13.9 Å². The lowest BCUT2D eigenvalue weighted by Gasteiger charge is -2.04. The van der Waals surface area contributed by atoms with E-state index in [4.69, 9.17) is 0 Å². The third-order valence-electron chi connectivity index (χ3n) is 3.77. The first-order chi connectivity index (χ1) is 10.1. The van der Waals surface area contributed by atoms with Gasteiger partial charge in [0.1, 0.15) is 0 Å². The lowest BCUT2D eigenvalue weighted by atomic mass is 10.2. The number of aromatic nitrogens is 3. The summed E-state index contributed by atoms with van der Waals surface area (Å²) in [4.78, 5) is 24.9. The minimum atomic E-state index is -0.138. The molecule has 3 aromatic rings. The quantitative estimate of drug-likeness (QED) is 0.688. The number of para-hydroxylation sites is 2. The minimum Gasteiger partial charge on any atom is -0.348 e. The molecule has 5 nitrogen and oxygen atoms in total. The molecule has 5 heteroatoms. The van der Waals surface area contributed by atoms with E-state index in [2.05, 4.69) is 0 Å². The van der Waals surface area contributed by atoms with E-state index in [9.17, 15) is 9.59 Å². The average Bonchev–Trinajstić information content (AvgIpc) is 3.02. The Labute approximate surface area is 122 Å². The number of rotatable bonds is 4. The average molecular weight is 283 g/mol. The molecule has 2 aromatic heterocycles. The van der Waals surface area contributed by atoms with E-state index < -0.39 is 0 Å². The number of carbonyl (C=O) groups excluding carboxylic acids is 1. The Morgan fingerprint density at radius 1 is 1.05 bits per heavy atom. The fraction of sp³-hybridized carbons (Fsp3) is 0.250. The molecule has 0 saturated carbocycles. The second kappa shape index (κ2) is 5.09. The molecule has 0 N–H and O–H groups in total. The number of ketones is 1. The predicted octanol–water partition coefficient (Wildman–Crippen LogP) is 2.04. The van der Waals surface area contributed by atoms with Gasteiger partial charge in [-0.25, -0.2) is 4.79 Å². The molecular weight excluding hydrogens is 266 g/mol. The second-order valence-corrected chi connectivity index (χ2v) is 5.03. The second-order valence-electron chi connectivity index (χ2n) is 5.03. The monoisotopic (exact) mass is 283 g/mol. The van der Waals surface area contributed by atoms with Gasteiger partial charge in [-0.15, -0.1) is 0 Å². The van der Waals surface area contributed by atoms with Gasteiger partial charge in [0.15, 0.2) is 5.78 Å². The Kier molecular flexibility index (Phi) is 3.25. The summed E-state index contributed by atoms with van der Waals surface area (Å²) >= 11 is 0. The van der Waals surface area contributed by atoms with Crippen LogP contribution in [0.5, 0.6) is 0 Å². The normalized spacial score (nSPS) is 11.1. The molecule has 0 unspecified atom stereocenters. The van der Waals surface area contributed by atoms with Gasteiger partial charge < -0.3 is 4.57 Å². The first-order valence-electron chi connectivity index (χ1n) is 6.96. The molecule has 0 bridgehead atoms. The summed E-state index contributed by atoms with van der Waals surface area (Å²) in [6, 6.07) is 11.2. The van der Waals surface area contributed by atoms with Crippen LogP contribution in [0.25, 0.3) is 11.0 Å². The predicted molar refractivity (Wildman–Crippen MR) is 81.6 cm³/mol. The fourth-order valence-corrected chi connectivity index (χ4v) is 2.71. The molecule has 2 heterocycles. The van der Waals surface area contributed by atoms with Crippen LogP contribution >= 0.6 is 0 Å². The Bertz CT molecular complexity index is 867. The summed E-state index contributed by atoms with van der Waals surface area (Å²) in [6.45, 7) is 2.58. The smallest absolute Gasteiger partial charge is 0.329 e. The molecule has 0 saturated heterocycles. The molecule has 0 fully saturated rings. The summed E-state index contributed by atoms with van der Waals surface area (Å²) in [6.07, 6.45) is 1.82. The summed E-state index contributed by atoms with van der Waals surface area (Å²) in [5.41, 5.74) is 2.13. The van der Waals surface area contributed by atoms with Crippen molar-refractivity contribution in [3.63, 3.8) is 0 Å². The lowest BCUT2D eigenvalue weighted by Crippen LogP contribution is -2.27. The van der Waals surface area contributed by atoms with Crippen LogP contribution in [0.1, 0.15) is 17.4 Å². The van der Waals surface area contributed by atoms with E-state index in [1.165, 1.54) is 0 Å². The maximum atomic E-state index is 12.5. The van der Waals surface area contributed by atoms with E-state index in [1.807, 2.05) is 50.5 Å². The Morgan fingerprint density at radius 3 is 2.29 bits per heavy atom. The van der Waals surface area contributed by atoms with E-state index >= 15 is 0 Å². The number of fused-ring (bicyclic) bond motifs is 1. The molecule has 0 aliphatic rings. The molecule has 0 aliphatic heterocycles. The van der Waals surface area contributed by atoms with Gasteiger partial charge in [0.05, 0.1) is 23.3 Å². The van der Waals surface area contributed by atoms with E-state index in [-0.39, 0.29) is 18.0 Å². The number of hydrogen-bond acceptors (Lipinski definition) is 2. The Balaban J connectivity index is 2.09. The number of aryl methyl sites for hydroxylation is 2. The molecule has 0 atom stereocenters. The van der Waals surface area contributed by atoms with Gasteiger partial charge in [0.25, 0.3) is 0 Å². The van der Waals surface area contributed by atoms with Crippen molar-refractivity contribution in [2.75, 3.05) is 0 Å². The highest BCUT2D eigenvalue weighted by Gasteiger charge is 2.16. The maximum Gasteiger partial charge on any atom is 0.329 e. The third-order valence-corrected chi connectivity index (χ3v) is 3.77. The highest BCUT2D eigenvalue weighted by molar-refractivity contribution is 5.95. The molecule has 0 spiro atoms. The first-order valence-corrected chi connectivity index (χ1v) is 6.96. The summed E-state index contributed by atoms with van der Waals surface area (Å²) < 4.78 is 5.01. The molecule has 108 valence electrons. The third kappa shape index (κ3) is 2.11. The minimum absolute atomic E-state index is 0.0597. The van der Waals surface area contributed by atoms with Crippen molar-refractivity contribution < 1.29 is 4.79 Å². The van der Waals surface area contributed by atoms with Crippen molar-refractivity contribution in [2.24, 2.45) is 7.05 Å². The number of benzene rings is 1. The Hall–Kier alpha value is -2.56. The largest absolute Gasteiger partial charge is 0.348 e. The Morgan fingerprint density at radius 2 is 1.71 bits per heavy atom. The first kappa shape index (κ1) is 13.4. The molecular formula is C16H17N3O2. The topological polar surface area (TPSA) is 48.9 Å². The molecule has 21 heavy (non-hydrogen) atoms. The van der Waals surface area contributed by atoms with Crippen molar-refractivity contribution in [3.05, 3.63) is 58.8 Å². The fourth-order valence-electron chi connectivity index (χ4n) is 2.71. The standard InChI is InChI=1S/C16H17N3O2/c1-3-18-12-7-4-5-8-13(12)19(16(18)21)11-15(20)14-9-6-10-17(14)2/h4-10H,3,11H2,1-2H3. The van der Waals surface area contributed by atoms with Crippen LogP contribution in [0, 0.1) is 0 Å². The highest BCUT2D eigenvalue weighted by atomic mass is 16.2. The van der Waals surface area contributed by atoms with Crippen molar-refractivity contribution in [3.8, 4) is 0 Å². The van der Waals surface area contributed by atoms with E-state index in [0.29, 0.717) is 12.2 Å². The van der Waals surface area contributed by atoms with Crippen molar-refractivity contribution >= 4 is 16.8 Å². The zero-order valence-electron chi connectivity index (χ0n) is 12.1. The van der Waals surface area contributed by atoms with Crippen LogP contribution in [0.2, 0.25) is 0 Å². The molecule has 1 aromatic carbocycles. The van der Waals surface area contributed by atoms with Crippen LogP contribution in [0.15, 0.2) is 47.4 Å². The highest BCUT2D eigenvalue weighted by Crippen LogP contribution is 2.13. The number of nitrogens with zero attached hydrogens (tertiary/aromatic N) is 3. The number of carbonyl (C=O) groups is 1. The van der Waals surface area contributed by atoms with Crippen LogP contribution < -0.4 is 5.69 Å². The van der Waals surface area contributed by atoms with Crippen LogP contribution in [-0.4, -0.2) is 19.5 Å². The van der Waals surface area contributed by atoms with Crippen molar-refractivity contribution in [1.82, 2.24) is 13.7 Å². The van der Waals surface area contributed by atoms with Crippen LogP contribution in [0.3, 0.4) is 0 Å². The zero-order chi connectivity index (χ0) is 15.0. The summed E-state index contributed by atoms with van der Waals surface area (Å²) in [5.74, 6) is -0.0661. The molecule has 0 amide bonds. The van der Waals surface area contributed by atoms with Gasteiger partial charge in [-0.1, -0.05) is 12.1 Å². The summed E-state index contributed by atoms with van der Waals surface area (Å²) in [5, 5.41) is 0. The van der Waals surface area contributed by atoms with Gasteiger partial charge in [0, 0.05) is 19.8 Å². The molecule has 0 radical (unpaired) electrons. The molecule has 3 rings (SSSR count). The van der Waals surface area contributed by atoms with Gasteiger partial charge in [-0.05, 0) is 31.2 Å². The van der Waals surface area contributed by atoms with Crippen molar-refractivity contribution in [1.29, 1.82) is 0 Å². The summed E-state index contributed by atoms with van der Waals surface area (Å²) in [7, 11) is 1.82. The SMILES string of the molecule is CCn1c(=O)n(CC(=O)c2cccn2C)c2ccccc21. The lowest BCUT2D eigenvalue weighted by molar-refractivity contribution is 0.0964. The van der Waals surface area contributed by atoms with Gasteiger partial charge >= 0.3 is 5.69 Å². The van der Waals surface area contributed by atoms with Gasteiger partial charge in [0.2, 0.25) is 0 Å². The van der Waals surface area contributed by atoms with E-state index in [1.54, 1.807) is 19.8 Å². The molecule has 0 aliphatic carbocycles. The zero-order valence-corrected chi connectivity index (χ0v) is 12.1. The number of Topliss-reactive ketones (excluding diaryl/α,β-unsaturated/α-hetero) is 1.